The highest BCUT2D eigenvalue weighted by Crippen LogP contribution is 2.24. The fraction of sp³-hybridized carbons (Fsp3) is 1.00. The molecule has 0 saturated carbocycles. The molecule has 0 spiro atoms. The van der Waals surface area contributed by atoms with E-state index in [1.54, 1.807) is 0 Å². The summed E-state index contributed by atoms with van der Waals surface area (Å²) in [6, 6.07) is 0. The van der Waals surface area contributed by atoms with Crippen molar-refractivity contribution in [1.29, 1.82) is 0 Å². The molecule has 0 aromatic heterocycles. The van der Waals surface area contributed by atoms with Crippen LogP contribution in [-0.2, 0) is 0 Å². The second kappa shape index (κ2) is 24.0. The number of hydrogen-bond donors (Lipinski definition) is 0. The largest absolute Gasteiger partial charge is 0.0654 e. The Morgan fingerprint density at radius 3 is 0.852 bits per heavy atom. The highest BCUT2D eigenvalue weighted by Gasteiger charge is 2.08. The molecule has 0 aliphatic heterocycles. The molecule has 0 fully saturated rings. The molecule has 0 rings (SSSR count). The molecule has 0 radical (unpaired) electrons. The third-order valence-corrected chi connectivity index (χ3v) is 6.40. The Bertz CT molecular complexity index is 244. The van der Waals surface area contributed by atoms with E-state index in [2.05, 4.69) is 20.8 Å². The van der Waals surface area contributed by atoms with Crippen molar-refractivity contribution in [2.45, 2.75) is 168 Å². The zero-order valence-corrected chi connectivity index (χ0v) is 19.8. The predicted molar refractivity (Wildman–Crippen MR) is 127 cm³/mol. The Morgan fingerprint density at radius 1 is 0.296 bits per heavy atom. The van der Waals surface area contributed by atoms with E-state index in [-0.39, 0.29) is 0 Å². The van der Waals surface area contributed by atoms with Crippen molar-refractivity contribution in [2.24, 2.45) is 5.92 Å². The zero-order chi connectivity index (χ0) is 19.8. The van der Waals surface area contributed by atoms with Crippen LogP contribution < -0.4 is 0 Å². The van der Waals surface area contributed by atoms with Gasteiger partial charge in [-0.15, -0.1) is 0 Å². The maximum absolute atomic E-state index is 2.34. The van der Waals surface area contributed by atoms with Crippen LogP contribution in [0.25, 0.3) is 0 Å². The monoisotopic (exact) mass is 380 g/mol. The van der Waals surface area contributed by atoms with Crippen molar-refractivity contribution >= 4 is 0 Å². The van der Waals surface area contributed by atoms with Gasteiger partial charge in [-0.3, -0.25) is 0 Å². The summed E-state index contributed by atoms with van der Waals surface area (Å²) < 4.78 is 0. The van der Waals surface area contributed by atoms with Crippen LogP contribution in [0.5, 0.6) is 0 Å². The first-order valence-electron chi connectivity index (χ1n) is 13.3. The Balaban J connectivity index is 3.61. The summed E-state index contributed by atoms with van der Waals surface area (Å²) in [6.45, 7) is 6.96. The van der Waals surface area contributed by atoms with Crippen molar-refractivity contribution in [3.8, 4) is 0 Å². The molecule has 0 bridgehead atoms. The minimum absolute atomic E-state index is 1.04. The third kappa shape index (κ3) is 22.2. The van der Waals surface area contributed by atoms with Crippen molar-refractivity contribution in [3.63, 3.8) is 0 Å². The van der Waals surface area contributed by atoms with Gasteiger partial charge in [-0.2, -0.15) is 0 Å². The predicted octanol–water partition coefficient (Wildman–Crippen LogP) is 10.6. The average molecular weight is 381 g/mol. The quantitative estimate of drug-likeness (QED) is 0.155. The van der Waals surface area contributed by atoms with Gasteiger partial charge in [0, 0.05) is 0 Å². The molecule has 0 aliphatic carbocycles. The zero-order valence-electron chi connectivity index (χ0n) is 19.8. The average Bonchev–Trinajstić information content (AvgIpc) is 2.68. The Labute approximate surface area is 174 Å². The van der Waals surface area contributed by atoms with E-state index in [0.29, 0.717) is 0 Å². The molecule has 0 aromatic carbocycles. The first-order chi connectivity index (χ1) is 13.3. The van der Waals surface area contributed by atoms with Gasteiger partial charge in [0.15, 0.2) is 0 Å². The normalized spacial score (nSPS) is 12.6. The lowest BCUT2D eigenvalue weighted by molar-refractivity contribution is 0.367. The van der Waals surface area contributed by atoms with Gasteiger partial charge >= 0.3 is 0 Å². The van der Waals surface area contributed by atoms with Crippen LogP contribution in [-0.4, -0.2) is 0 Å². The number of rotatable bonds is 23. The van der Waals surface area contributed by atoms with Gasteiger partial charge < -0.3 is 0 Å². The summed E-state index contributed by atoms with van der Waals surface area (Å²) in [4.78, 5) is 0. The maximum atomic E-state index is 2.34. The molecular formula is C27H56. The van der Waals surface area contributed by atoms with Gasteiger partial charge in [0.1, 0.15) is 0 Å². The van der Waals surface area contributed by atoms with Crippen LogP contribution in [0.15, 0.2) is 0 Å². The molecule has 0 aliphatic rings. The summed E-state index contributed by atoms with van der Waals surface area (Å²) in [5, 5.41) is 0. The van der Waals surface area contributed by atoms with Crippen LogP contribution >= 0.6 is 0 Å². The minimum atomic E-state index is 1.04. The highest BCUT2D eigenvalue weighted by atomic mass is 14.1. The van der Waals surface area contributed by atoms with E-state index in [9.17, 15) is 0 Å². The molecule has 0 nitrogen and oxygen atoms in total. The smallest absolute Gasteiger partial charge is 0.0414 e. The van der Waals surface area contributed by atoms with E-state index >= 15 is 0 Å². The van der Waals surface area contributed by atoms with E-state index in [1.807, 2.05) is 0 Å². The Hall–Kier alpha value is 0. The summed E-state index contributed by atoms with van der Waals surface area (Å²) in [5.41, 5.74) is 0. The van der Waals surface area contributed by atoms with Crippen LogP contribution in [0.1, 0.15) is 168 Å². The van der Waals surface area contributed by atoms with E-state index in [1.165, 1.54) is 148 Å². The summed E-state index contributed by atoms with van der Waals surface area (Å²) in [5.74, 6) is 1.04. The topological polar surface area (TPSA) is 0 Å². The molecular weight excluding hydrogens is 324 g/mol. The highest BCUT2D eigenvalue weighted by molar-refractivity contribution is 4.62. The molecule has 0 heteroatoms. The number of hydrogen-bond acceptors (Lipinski definition) is 0. The minimum Gasteiger partial charge on any atom is -0.0654 e. The van der Waals surface area contributed by atoms with Gasteiger partial charge in [-0.25, -0.2) is 0 Å². The van der Waals surface area contributed by atoms with E-state index in [4.69, 9.17) is 0 Å². The first-order valence-corrected chi connectivity index (χ1v) is 13.3. The lowest BCUT2D eigenvalue weighted by atomic mass is 9.89. The fourth-order valence-corrected chi connectivity index (χ4v) is 4.43. The fourth-order valence-electron chi connectivity index (χ4n) is 4.43. The van der Waals surface area contributed by atoms with Crippen LogP contribution in [0.2, 0.25) is 0 Å². The van der Waals surface area contributed by atoms with Crippen molar-refractivity contribution in [2.75, 3.05) is 0 Å². The molecule has 164 valence electrons. The first kappa shape index (κ1) is 27.0. The van der Waals surface area contributed by atoms with Crippen LogP contribution in [0.3, 0.4) is 0 Å². The maximum Gasteiger partial charge on any atom is -0.0414 e. The molecule has 0 amide bonds. The number of unbranched alkanes of at least 4 members (excludes halogenated alkanes) is 17. The lowest BCUT2D eigenvalue weighted by Crippen LogP contribution is -2.01. The van der Waals surface area contributed by atoms with Gasteiger partial charge in [0.2, 0.25) is 0 Å². The lowest BCUT2D eigenvalue weighted by Gasteiger charge is -2.17. The van der Waals surface area contributed by atoms with Gasteiger partial charge in [-0.1, -0.05) is 168 Å². The standard InChI is InChI=1S/C27H56/c1-4-7-10-12-14-15-16-18-20-23-26-27(24-21-9-6-3)25-22-19-17-13-11-8-5-2/h27H,4-26H2,1-3H3. The van der Waals surface area contributed by atoms with Crippen molar-refractivity contribution in [1.82, 2.24) is 0 Å². The third-order valence-electron chi connectivity index (χ3n) is 6.40. The molecule has 0 saturated heterocycles. The van der Waals surface area contributed by atoms with Crippen molar-refractivity contribution < 1.29 is 0 Å². The SMILES string of the molecule is CCCCCCCCCCCCC(CCCCC)CCCCCCCCC. The second-order valence-electron chi connectivity index (χ2n) is 9.24. The van der Waals surface area contributed by atoms with E-state index in [0.717, 1.165) is 5.92 Å². The summed E-state index contributed by atoms with van der Waals surface area (Å²) in [6.07, 6.45) is 33.8. The van der Waals surface area contributed by atoms with Gasteiger partial charge in [0.05, 0.1) is 0 Å². The molecule has 1 unspecified atom stereocenters. The summed E-state index contributed by atoms with van der Waals surface area (Å²) >= 11 is 0. The van der Waals surface area contributed by atoms with Crippen LogP contribution in [0, 0.1) is 5.92 Å². The van der Waals surface area contributed by atoms with E-state index < -0.39 is 0 Å². The summed E-state index contributed by atoms with van der Waals surface area (Å²) in [7, 11) is 0. The molecule has 27 heavy (non-hydrogen) atoms. The van der Waals surface area contributed by atoms with Gasteiger partial charge in [-0.05, 0) is 5.92 Å². The van der Waals surface area contributed by atoms with Crippen LogP contribution in [0.4, 0.5) is 0 Å². The van der Waals surface area contributed by atoms with Crippen molar-refractivity contribution in [3.05, 3.63) is 0 Å². The Kier molecular flexibility index (Phi) is 24.0. The second-order valence-corrected chi connectivity index (χ2v) is 9.24. The molecule has 0 aromatic rings. The Morgan fingerprint density at radius 2 is 0.519 bits per heavy atom. The molecule has 0 heterocycles. The molecule has 1 atom stereocenters. The molecule has 0 N–H and O–H groups in total. The van der Waals surface area contributed by atoms with Gasteiger partial charge in [0.25, 0.3) is 0 Å².